The van der Waals surface area contributed by atoms with E-state index < -0.39 is 10.0 Å². The second-order valence-corrected chi connectivity index (χ2v) is 5.09. The molecule has 0 unspecified atom stereocenters. The van der Waals surface area contributed by atoms with Gasteiger partial charge < -0.3 is 9.73 Å². The highest BCUT2D eigenvalue weighted by molar-refractivity contribution is 7.88. The molecule has 0 radical (unpaired) electrons. The van der Waals surface area contributed by atoms with Gasteiger partial charge in [0.2, 0.25) is 10.0 Å². The molecule has 1 aromatic heterocycles. The molecule has 0 fully saturated rings. The summed E-state index contributed by atoms with van der Waals surface area (Å²) in [7, 11) is -3.15. The highest BCUT2D eigenvalue weighted by atomic mass is 32.2. The molecule has 1 heterocycles. The maximum Gasteiger partial charge on any atom is 0.286 e. The van der Waals surface area contributed by atoms with Gasteiger partial charge in [-0.15, -0.1) is 0 Å². The van der Waals surface area contributed by atoms with E-state index >= 15 is 0 Å². The summed E-state index contributed by atoms with van der Waals surface area (Å²) < 4.78 is 28.6. The topological polar surface area (TPSA) is 88.4 Å². The average molecular weight is 246 g/mol. The second-order valence-electron chi connectivity index (χ2n) is 3.25. The molecule has 16 heavy (non-hydrogen) atoms. The molecule has 2 N–H and O–H groups in total. The number of rotatable bonds is 6. The largest absolute Gasteiger partial charge is 0.459 e. The van der Waals surface area contributed by atoms with Gasteiger partial charge >= 0.3 is 0 Å². The average Bonchev–Trinajstić information content (AvgIpc) is 2.67. The van der Waals surface area contributed by atoms with Crippen LogP contribution in [-0.4, -0.2) is 33.7 Å². The molecule has 1 aromatic rings. The fourth-order valence-electron chi connectivity index (χ4n) is 1.04. The Morgan fingerprint density at radius 1 is 1.44 bits per heavy atom. The number of carbonyl (C=O) groups is 1. The van der Waals surface area contributed by atoms with Gasteiger partial charge in [-0.1, -0.05) is 0 Å². The molecular weight excluding hydrogens is 232 g/mol. The van der Waals surface area contributed by atoms with E-state index in [1.165, 1.54) is 6.26 Å². The molecule has 0 aliphatic rings. The van der Waals surface area contributed by atoms with E-state index in [9.17, 15) is 13.2 Å². The predicted octanol–water partition coefficient (Wildman–Crippen LogP) is -0.0513. The first-order chi connectivity index (χ1) is 7.49. The number of sulfonamides is 1. The number of furan rings is 1. The van der Waals surface area contributed by atoms with Crippen molar-refractivity contribution in [2.45, 2.75) is 6.42 Å². The van der Waals surface area contributed by atoms with E-state index in [0.29, 0.717) is 19.5 Å². The van der Waals surface area contributed by atoms with Gasteiger partial charge in [0.05, 0.1) is 12.5 Å². The normalized spacial score (nSPS) is 11.3. The maximum atomic E-state index is 11.3. The Morgan fingerprint density at radius 2 is 2.19 bits per heavy atom. The van der Waals surface area contributed by atoms with Gasteiger partial charge in [-0.3, -0.25) is 4.79 Å². The second kappa shape index (κ2) is 5.66. The van der Waals surface area contributed by atoms with Crippen LogP contribution in [0.3, 0.4) is 0 Å². The summed E-state index contributed by atoms with van der Waals surface area (Å²) in [4.78, 5) is 11.3. The first-order valence-electron chi connectivity index (χ1n) is 4.75. The molecule has 90 valence electrons. The molecule has 0 aliphatic carbocycles. The van der Waals surface area contributed by atoms with E-state index in [-0.39, 0.29) is 11.7 Å². The van der Waals surface area contributed by atoms with Crippen LogP contribution in [0.1, 0.15) is 17.0 Å². The van der Waals surface area contributed by atoms with Crippen molar-refractivity contribution in [1.82, 2.24) is 10.0 Å². The summed E-state index contributed by atoms with van der Waals surface area (Å²) in [6.45, 7) is 0.694. The van der Waals surface area contributed by atoms with E-state index in [4.69, 9.17) is 4.42 Å². The van der Waals surface area contributed by atoms with Crippen LogP contribution in [0.25, 0.3) is 0 Å². The standard InChI is InChI=1S/C9H14N2O4S/c1-16(13,14)11-6-3-5-10-9(12)8-4-2-7-15-8/h2,4,7,11H,3,5-6H2,1H3,(H,10,12). The molecule has 0 aromatic carbocycles. The van der Waals surface area contributed by atoms with Gasteiger partial charge in [0.25, 0.3) is 5.91 Å². The van der Waals surface area contributed by atoms with Gasteiger partial charge in [-0.05, 0) is 18.6 Å². The van der Waals surface area contributed by atoms with Gasteiger partial charge in [-0.25, -0.2) is 13.1 Å². The zero-order chi connectivity index (χ0) is 12.0. The van der Waals surface area contributed by atoms with Crippen LogP contribution in [0.2, 0.25) is 0 Å². The Balaban J connectivity index is 2.15. The Bertz CT molecular complexity index is 424. The fraction of sp³-hybridized carbons (Fsp3) is 0.444. The monoisotopic (exact) mass is 246 g/mol. The number of hydrogen-bond acceptors (Lipinski definition) is 4. The minimum atomic E-state index is -3.15. The molecule has 7 heteroatoms. The lowest BCUT2D eigenvalue weighted by Gasteiger charge is -2.03. The van der Waals surface area contributed by atoms with Crippen molar-refractivity contribution in [2.75, 3.05) is 19.3 Å². The van der Waals surface area contributed by atoms with E-state index in [2.05, 4.69) is 10.0 Å². The molecular formula is C9H14N2O4S. The lowest BCUT2D eigenvalue weighted by atomic mass is 10.4. The van der Waals surface area contributed by atoms with Gasteiger partial charge in [0, 0.05) is 13.1 Å². The van der Waals surface area contributed by atoms with E-state index in [0.717, 1.165) is 6.26 Å². The Labute approximate surface area is 94.1 Å². The molecule has 0 saturated carbocycles. The number of carbonyl (C=O) groups excluding carboxylic acids is 1. The van der Waals surface area contributed by atoms with Gasteiger partial charge in [0.15, 0.2) is 5.76 Å². The van der Waals surface area contributed by atoms with Crippen molar-refractivity contribution >= 4 is 15.9 Å². The van der Waals surface area contributed by atoms with Crippen molar-refractivity contribution in [3.05, 3.63) is 24.2 Å². The highest BCUT2D eigenvalue weighted by Gasteiger charge is 2.06. The minimum absolute atomic E-state index is 0.246. The molecule has 1 amide bonds. The summed E-state index contributed by atoms with van der Waals surface area (Å²) in [5.41, 5.74) is 0. The lowest BCUT2D eigenvalue weighted by Crippen LogP contribution is -2.29. The third kappa shape index (κ3) is 4.94. The maximum absolute atomic E-state index is 11.3. The molecule has 0 aliphatic heterocycles. The van der Waals surface area contributed by atoms with E-state index in [1.54, 1.807) is 12.1 Å². The summed E-state index contributed by atoms with van der Waals surface area (Å²) in [6, 6.07) is 3.18. The smallest absolute Gasteiger partial charge is 0.286 e. The third-order valence-corrected chi connectivity index (χ3v) is 2.48. The summed E-state index contributed by atoms with van der Waals surface area (Å²) in [5.74, 6) is -0.0552. The van der Waals surface area contributed by atoms with Gasteiger partial charge in [-0.2, -0.15) is 0 Å². The Hall–Kier alpha value is -1.34. The number of amides is 1. The van der Waals surface area contributed by atoms with Crippen LogP contribution in [0.15, 0.2) is 22.8 Å². The molecule has 0 spiro atoms. The van der Waals surface area contributed by atoms with Crippen molar-refractivity contribution < 1.29 is 17.6 Å². The van der Waals surface area contributed by atoms with Crippen LogP contribution in [-0.2, 0) is 10.0 Å². The predicted molar refractivity (Wildman–Crippen MR) is 58.5 cm³/mol. The number of hydrogen-bond donors (Lipinski definition) is 2. The Kier molecular flexibility index (Phi) is 4.51. The lowest BCUT2D eigenvalue weighted by molar-refractivity contribution is 0.0926. The SMILES string of the molecule is CS(=O)(=O)NCCCNC(=O)c1ccco1. The fourth-order valence-corrected chi connectivity index (χ4v) is 1.56. The minimum Gasteiger partial charge on any atom is -0.459 e. The van der Waals surface area contributed by atoms with Crippen molar-refractivity contribution in [3.63, 3.8) is 0 Å². The Morgan fingerprint density at radius 3 is 2.75 bits per heavy atom. The molecule has 0 atom stereocenters. The molecule has 6 nitrogen and oxygen atoms in total. The summed E-state index contributed by atoms with van der Waals surface area (Å²) in [6.07, 6.45) is 3.04. The van der Waals surface area contributed by atoms with Crippen LogP contribution in [0.5, 0.6) is 0 Å². The summed E-state index contributed by atoms with van der Waals surface area (Å²) in [5, 5.41) is 2.60. The van der Waals surface area contributed by atoms with Crippen molar-refractivity contribution in [2.24, 2.45) is 0 Å². The first-order valence-corrected chi connectivity index (χ1v) is 6.64. The highest BCUT2D eigenvalue weighted by Crippen LogP contribution is 1.98. The van der Waals surface area contributed by atoms with Crippen LogP contribution >= 0.6 is 0 Å². The van der Waals surface area contributed by atoms with Gasteiger partial charge in [0.1, 0.15) is 0 Å². The van der Waals surface area contributed by atoms with Crippen LogP contribution in [0.4, 0.5) is 0 Å². The first kappa shape index (κ1) is 12.7. The van der Waals surface area contributed by atoms with Crippen LogP contribution in [0, 0.1) is 0 Å². The molecule has 0 bridgehead atoms. The van der Waals surface area contributed by atoms with Crippen LogP contribution < -0.4 is 10.0 Å². The zero-order valence-corrected chi connectivity index (χ0v) is 9.71. The zero-order valence-electron chi connectivity index (χ0n) is 8.89. The quantitative estimate of drug-likeness (QED) is 0.689. The molecule has 0 saturated heterocycles. The summed E-state index contributed by atoms with van der Waals surface area (Å²) >= 11 is 0. The molecule has 1 rings (SSSR count). The van der Waals surface area contributed by atoms with Crippen molar-refractivity contribution in [3.8, 4) is 0 Å². The third-order valence-electron chi connectivity index (χ3n) is 1.75. The van der Waals surface area contributed by atoms with Crippen molar-refractivity contribution in [1.29, 1.82) is 0 Å². The van der Waals surface area contributed by atoms with E-state index in [1.807, 2.05) is 0 Å². The number of nitrogens with one attached hydrogen (secondary N) is 2.